The number of hydrogen-bond donors (Lipinski definition) is 0. The van der Waals surface area contributed by atoms with E-state index in [1.807, 2.05) is 0 Å². The predicted molar refractivity (Wildman–Crippen MR) is 74.4 cm³/mol. The minimum atomic E-state index is -0.428. The third kappa shape index (κ3) is 2.59. The SMILES string of the molecule is COC(=O)C1CC(=O)N(c2ccc(I)c(Cl)n2)C1. The molecule has 1 saturated heterocycles. The molecule has 0 saturated carbocycles. The lowest BCUT2D eigenvalue weighted by molar-refractivity contribution is -0.145. The minimum Gasteiger partial charge on any atom is -0.469 e. The molecule has 1 aliphatic heterocycles. The lowest BCUT2D eigenvalue weighted by atomic mass is 10.1. The van der Waals surface area contributed by atoms with Crippen LogP contribution in [-0.4, -0.2) is 30.5 Å². The van der Waals surface area contributed by atoms with Gasteiger partial charge in [-0.2, -0.15) is 0 Å². The molecule has 2 heterocycles. The van der Waals surface area contributed by atoms with Gasteiger partial charge in [0.15, 0.2) is 0 Å². The van der Waals surface area contributed by atoms with Crippen molar-refractivity contribution in [3.8, 4) is 0 Å². The number of halogens is 2. The van der Waals surface area contributed by atoms with Crippen molar-refractivity contribution in [2.75, 3.05) is 18.6 Å². The first kappa shape index (κ1) is 13.5. The molecule has 0 aliphatic carbocycles. The van der Waals surface area contributed by atoms with Crippen molar-refractivity contribution in [2.24, 2.45) is 5.92 Å². The minimum absolute atomic E-state index is 0.143. The van der Waals surface area contributed by atoms with Gasteiger partial charge in [0.25, 0.3) is 0 Å². The number of amides is 1. The Bertz CT molecular complexity index is 509. The maximum Gasteiger partial charge on any atom is 0.311 e. The summed E-state index contributed by atoms with van der Waals surface area (Å²) in [4.78, 5) is 28.8. The number of rotatable bonds is 2. The molecule has 7 heteroatoms. The average molecular weight is 381 g/mol. The molecule has 0 N–H and O–H groups in total. The summed E-state index contributed by atoms with van der Waals surface area (Å²) in [6.07, 6.45) is 0.151. The third-order valence-corrected chi connectivity index (χ3v) is 4.20. The van der Waals surface area contributed by atoms with Crippen LogP contribution in [0.15, 0.2) is 12.1 Å². The number of anilines is 1. The van der Waals surface area contributed by atoms with Crippen molar-refractivity contribution < 1.29 is 14.3 Å². The number of aromatic nitrogens is 1. The van der Waals surface area contributed by atoms with E-state index in [0.29, 0.717) is 11.0 Å². The van der Waals surface area contributed by atoms with E-state index >= 15 is 0 Å². The standard InChI is InChI=1S/C11H10ClIN2O3/c1-18-11(17)6-4-9(16)15(5-6)8-3-2-7(13)10(12)14-8/h2-3,6H,4-5H2,1H3. The van der Waals surface area contributed by atoms with Crippen LogP contribution in [-0.2, 0) is 14.3 Å². The van der Waals surface area contributed by atoms with Gasteiger partial charge in [-0.25, -0.2) is 4.98 Å². The average Bonchev–Trinajstić information content (AvgIpc) is 2.74. The maximum atomic E-state index is 11.8. The zero-order valence-corrected chi connectivity index (χ0v) is 12.4. The maximum absolute atomic E-state index is 11.8. The highest BCUT2D eigenvalue weighted by Gasteiger charge is 2.36. The summed E-state index contributed by atoms with van der Waals surface area (Å²) in [6, 6.07) is 3.50. The van der Waals surface area contributed by atoms with Crippen molar-refractivity contribution in [3.05, 3.63) is 20.9 Å². The Morgan fingerprint density at radius 3 is 2.94 bits per heavy atom. The van der Waals surface area contributed by atoms with Crippen LogP contribution in [0.5, 0.6) is 0 Å². The van der Waals surface area contributed by atoms with E-state index in [-0.39, 0.29) is 24.8 Å². The van der Waals surface area contributed by atoms with E-state index in [1.165, 1.54) is 12.0 Å². The molecule has 1 amide bonds. The highest BCUT2D eigenvalue weighted by molar-refractivity contribution is 14.1. The second-order valence-corrected chi connectivity index (χ2v) is 5.39. The molecule has 5 nitrogen and oxygen atoms in total. The number of hydrogen-bond acceptors (Lipinski definition) is 4. The summed E-state index contributed by atoms with van der Waals surface area (Å²) in [7, 11) is 1.31. The number of pyridine rings is 1. The Morgan fingerprint density at radius 1 is 1.61 bits per heavy atom. The zero-order valence-electron chi connectivity index (χ0n) is 9.52. The molecule has 18 heavy (non-hydrogen) atoms. The molecule has 1 aromatic rings. The fourth-order valence-electron chi connectivity index (χ4n) is 1.81. The molecule has 96 valence electrons. The lowest BCUT2D eigenvalue weighted by Crippen LogP contribution is -2.27. The van der Waals surface area contributed by atoms with E-state index < -0.39 is 5.92 Å². The van der Waals surface area contributed by atoms with E-state index in [0.717, 1.165) is 3.57 Å². The Morgan fingerprint density at radius 2 is 2.33 bits per heavy atom. The monoisotopic (exact) mass is 380 g/mol. The molecule has 0 bridgehead atoms. The van der Waals surface area contributed by atoms with E-state index in [2.05, 4.69) is 32.3 Å². The van der Waals surface area contributed by atoms with Crippen LogP contribution < -0.4 is 4.90 Å². The van der Waals surface area contributed by atoms with Crippen LogP contribution in [0, 0.1) is 9.49 Å². The van der Waals surface area contributed by atoms with E-state index in [1.54, 1.807) is 12.1 Å². The Labute approximate surface area is 123 Å². The van der Waals surface area contributed by atoms with Crippen molar-refractivity contribution in [1.29, 1.82) is 0 Å². The van der Waals surface area contributed by atoms with Crippen LogP contribution >= 0.6 is 34.2 Å². The van der Waals surface area contributed by atoms with Crippen LogP contribution in [0.1, 0.15) is 6.42 Å². The van der Waals surface area contributed by atoms with E-state index in [4.69, 9.17) is 11.6 Å². The third-order valence-electron chi connectivity index (χ3n) is 2.72. The van der Waals surface area contributed by atoms with Crippen LogP contribution in [0.25, 0.3) is 0 Å². The summed E-state index contributed by atoms with van der Waals surface area (Å²) in [5.74, 6) is -0.475. The van der Waals surface area contributed by atoms with Crippen molar-refractivity contribution in [3.63, 3.8) is 0 Å². The first-order valence-electron chi connectivity index (χ1n) is 5.23. The van der Waals surface area contributed by atoms with Crippen molar-refractivity contribution in [2.45, 2.75) is 6.42 Å². The highest BCUT2D eigenvalue weighted by Crippen LogP contribution is 2.27. The zero-order chi connectivity index (χ0) is 13.3. The Hall–Kier alpha value is -0.890. The largest absolute Gasteiger partial charge is 0.469 e. The van der Waals surface area contributed by atoms with Crippen LogP contribution in [0.2, 0.25) is 5.15 Å². The van der Waals surface area contributed by atoms with Gasteiger partial charge >= 0.3 is 5.97 Å². The summed E-state index contributed by atoms with van der Waals surface area (Å²) >= 11 is 7.98. The van der Waals surface area contributed by atoms with Gasteiger partial charge in [0.2, 0.25) is 5.91 Å². The fraction of sp³-hybridized carbons (Fsp3) is 0.364. The van der Waals surface area contributed by atoms with E-state index in [9.17, 15) is 9.59 Å². The molecule has 1 aromatic heterocycles. The number of carbonyl (C=O) groups is 2. The van der Waals surface area contributed by atoms with Gasteiger partial charge in [-0.05, 0) is 34.7 Å². The number of ether oxygens (including phenoxy) is 1. The molecule has 1 fully saturated rings. The Balaban J connectivity index is 2.21. The van der Waals surface area contributed by atoms with Gasteiger partial charge in [0.1, 0.15) is 11.0 Å². The smallest absolute Gasteiger partial charge is 0.311 e. The van der Waals surface area contributed by atoms with Gasteiger partial charge in [-0.3, -0.25) is 14.5 Å². The summed E-state index contributed by atoms with van der Waals surface area (Å²) in [5.41, 5.74) is 0. The molecule has 1 aliphatic rings. The number of esters is 1. The Kier molecular flexibility index (Phi) is 4.06. The molecule has 0 aromatic carbocycles. The molecule has 0 radical (unpaired) electrons. The van der Waals surface area contributed by atoms with Gasteiger partial charge < -0.3 is 4.74 Å². The molecule has 1 unspecified atom stereocenters. The second-order valence-electron chi connectivity index (χ2n) is 3.87. The quantitative estimate of drug-likeness (QED) is 0.446. The normalized spacial score (nSPS) is 19.2. The molecule has 0 spiro atoms. The molecule has 2 rings (SSSR count). The first-order valence-corrected chi connectivity index (χ1v) is 6.69. The van der Waals surface area contributed by atoms with Gasteiger partial charge in [0.05, 0.1) is 16.6 Å². The first-order chi connectivity index (χ1) is 8.52. The van der Waals surface area contributed by atoms with Crippen LogP contribution in [0.4, 0.5) is 5.82 Å². The predicted octanol–water partition coefficient (Wildman–Crippen LogP) is 1.87. The van der Waals surface area contributed by atoms with Gasteiger partial charge in [-0.15, -0.1) is 0 Å². The summed E-state index contributed by atoms with van der Waals surface area (Å²) < 4.78 is 5.46. The lowest BCUT2D eigenvalue weighted by Gasteiger charge is -2.15. The highest BCUT2D eigenvalue weighted by atomic mass is 127. The number of carbonyl (C=O) groups excluding carboxylic acids is 2. The summed E-state index contributed by atoms with van der Waals surface area (Å²) in [5, 5.41) is 0.349. The fourth-order valence-corrected chi connectivity index (χ4v) is 2.26. The second kappa shape index (κ2) is 5.40. The van der Waals surface area contributed by atoms with Crippen molar-refractivity contribution >= 4 is 51.9 Å². The molecular weight excluding hydrogens is 370 g/mol. The van der Waals surface area contributed by atoms with Gasteiger partial charge in [0, 0.05) is 13.0 Å². The number of methoxy groups -OCH3 is 1. The van der Waals surface area contributed by atoms with Gasteiger partial charge in [-0.1, -0.05) is 11.6 Å². The van der Waals surface area contributed by atoms with Crippen LogP contribution in [0.3, 0.4) is 0 Å². The molecule has 1 atom stereocenters. The number of nitrogens with zero attached hydrogens (tertiary/aromatic N) is 2. The summed E-state index contributed by atoms with van der Waals surface area (Å²) in [6.45, 7) is 0.287. The molecular formula is C11H10ClIN2O3. The topological polar surface area (TPSA) is 59.5 Å². The van der Waals surface area contributed by atoms with Crippen molar-refractivity contribution in [1.82, 2.24) is 4.98 Å².